The maximum Gasteiger partial charge on any atom is 0.222 e. The summed E-state index contributed by atoms with van der Waals surface area (Å²) in [6.45, 7) is 4.94. The number of amides is 1. The SMILES string of the molecule is CC(C)C(=O)NCCN=C(N(C)C)N(C)C. The van der Waals surface area contributed by atoms with Gasteiger partial charge in [-0.05, 0) is 0 Å². The number of nitrogens with one attached hydrogen (secondary N) is 1. The Morgan fingerprint density at radius 2 is 1.69 bits per heavy atom. The number of hydrogen-bond acceptors (Lipinski definition) is 2. The Kier molecular flexibility index (Phi) is 6.53. The third-order valence-electron chi connectivity index (χ3n) is 1.99. The van der Waals surface area contributed by atoms with Crippen LogP contribution in [0.1, 0.15) is 13.8 Å². The summed E-state index contributed by atoms with van der Waals surface area (Å²) in [5.74, 6) is 1.01. The Morgan fingerprint density at radius 1 is 1.19 bits per heavy atom. The molecule has 1 amide bonds. The standard InChI is InChI=1S/C11H24N4O/c1-9(2)10(16)12-7-8-13-11(14(3)4)15(5)6/h9H,7-8H2,1-6H3,(H,12,16). The Balaban J connectivity index is 4.02. The molecule has 0 aliphatic heterocycles. The van der Waals surface area contributed by atoms with Crippen molar-refractivity contribution < 1.29 is 4.79 Å². The summed E-state index contributed by atoms with van der Waals surface area (Å²) in [6.07, 6.45) is 0. The van der Waals surface area contributed by atoms with Crippen molar-refractivity contribution >= 4 is 11.9 Å². The van der Waals surface area contributed by atoms with E-state index in [1.807, 2.05) is 51.8 Å². The highest BCUT2D eigenvalue weighted by atomic mass is 16.1. The van der Waals surface area contributed by atoms with E-state index in [1.165, 1.54) is 0 Å². The maximum absolute atomic E-state index is 11.3. The molecular weight excluding hydrogens is 204 g/mol. The third kappa shape index (κ3) is 5.58. The van der Waals surface area contributed by atoms with Crippen LogP contribution in [0.3, 0.4) is 0 Å². The summed E-state index contributed by atoms with van der Waals surface area (Å²) in [6, 6.07) is 0. The molecule has 0 atom stereocenters. The molecule has 0 saturated carbocycles. The second-order valence-corrected chi connectivity index (χ2v) is 4.42. The zero-order valence-corrected chi connectivity index (χ0v) is 11.2. The van der Waals surface area contributed by atoms with Crippen LogP contribution in [0.25, 0.3) is 0 Å². The van der Waals surface area contributed by atoms with Gasteiger partial charge in [0.25, 0.3) is 0 Å². The summed E-state index contributed by atoms with van der Waals surface area (Å²) in [4.78, 5) is 19.6. The number of carbonyl (C=O) groups is 1. The molecule has 0 aliphatic carbocycles. The second-order valence-electron chi connectivity index (χ2n) is 4.42. The van der Waals surface area contributed by atoms with E-state index in [4.69, 9.17) is 0 Å². The number of aliphatic imine (C=N–C) groups is 1. The smallest absolute Gasteiger partial charge is 0.222 e. The molecule has 0 aliphatic rings. The van der Waals surface area contributed by atoms with E-state index in [-0.39, 0.29) is 11.8 Å². The summed E-state index contributed by atoms with van der Waals surface area (Å²) in [7, 11) is 7.80. The van der Waals surface area contributed by atoms with Crippen molar-refractivity contribution in [1.29, 1.82) is 0 Å². The fourth-order valence-electron chi connectivity index (χ4n) is 1.22. The fraction of sp³-hybridized carbons (Fsp3) is 0.818. The first-order valence-electron chi connectivity index (χ1n) is 5.53. The van der Waals surface area contributed by atoms with Gasteiger partial charge in [-0.25, -0.2) is 0 Å². The highest BCUT2D eigenvalue weighted by Gasteiger charge is 2.06. The number of nitrogens with zero attached hydrogens (tertiary/aromatic N) is 3. The first kappa shape index (κ1) is 14.7. The second kappa shape index (κ2) is 7.09. The molecule has 0 aromatic heterocycles. The summed E-state index contributed by atoms with van der Waals surface area (Å²) >= 11 is 0. The Hall–Kier alpha value is -1.26. The zero-order valence-electron chi connectivity index (χ0n) is 11.2. The number of carbonyl (C=O) groups excluding carboxylic acids is 1. The molecule has 5 heteroatoms. The van der Waals surface area contributed by atoms with Crippen LogP contribution in [0.5, 0.6) is 0 Å². The maximum atomic E-state index is 11.3. The van der Waals surface area contributed by atoms with Crippen LogP contribution in [0.2, 0.25) is 0 Å². The van der Waals surface area contributed by atoms with E-state index < -0.39 is 0 Å². The monoisotopic (exact) mass is 228 g/mol. The minimum Gasteiger partial charge on any atom is -0.354 e. The van der Waals surface area contributed by atoms with E-state index in [2.05, 4.69) is 10.3 Å². The van der Waals surface area contributed by atoms with E-state index in [0.29, 0.717) is 13.1 Å². The molecule has 0 spiro atoms. The highest BCUT2D eigenvalue weighted by molar-refractivity contribution is 5.79. The van der Waals surface area contributed by atoms with Crippen molar-refractivity contribution in [2.24, 2.45) is 10.9 Å². The molecule has 0 rings (SSSR count). The number of rotatable bonds is 4. The van der Waals surface area contributed by atoms with Crippen LogP contribution >= 0.6 is 0 Å². The van der Waals surface area contributed by atoms with Crippen molar-refractivity contribution in [2.45, 2.75) is 13.8 Å². The van der Waals surface area contributed by atoms with Crippen LogP contribution in [-0.4, -0.2) is 62.9 Å². The Labute approximate surface area is 98.5 Å². The summed E-state index contributed by atoms with van der Waals surface area (Å²) in [5.41, 5.74) is 0. The minimum atomic E-state index is 0.0335. The normalized spacial score (nSPS) is 9.94. The first-order valence-corrected chi connectivity index (χ1v) is 5.53. The molecule has 0 aromatic carbocycles. The minimum absolute atomic E-state index is 0.0335. The van der Waals surface area contributed by atoms with Gasteiger partial charge in [0.2, 0.25) is 5.91 Å². The van der Waals surface area contributed by atoms with Gasteiger partial charge in [-0.2, -0.15) is 0 Å². The molecule has 5 nitrogen and oxygen atoms in total. The highest BCUT2D eigenvalue weighted by Crippen LogP contribution is 1.91. The predicted molar refractivity (Wildman–Crippen MR) is 67.5 cm³/mol. The van der Waals surface area contributed by atoms with Gasteiger partial charge in [0.15, 0.2) is 5.96 Å². The van der Waals surface area contributed by atoms with Crippen molar-refractivity contribution in [3.05, 3.63) is 0 Å². The molecule has 0 bridgehead atoms. The van der Waals surface area contributed by atoms with Crippen LogP contribution < -0.4 is 5.32 Å². The van der Waals surface area contributed by atoms with E-state index in [1.54, 1.807) is 0 Å². The van der Waals surface area contributed by atoms with Gasteiger partial charge in [-0.3, -0.25) is 9.79 Å². The van der Waals surface area contributed by atoms with Gasteiger partial charge in [0.1, 0.15) is 0 Å². The van der Waals surface area contributed by atoms with Gasteiger partial charge in [-0.15, -0.1) is 0 Å². The molecule has 0 unspecified atom stereocenters. The summed E-state index contributed by atoms with van der Waals surface area (Å²) in [5, 5.41) is 2.83. The van der Waals surface area contributed by atoms with Crippen LogP contribution in [0, 0.1) is 5.92 Å². The van der Waals surface area contributed by atoms with Crippen molar-refractivity contribution in [1.82, 2.24) is 15.1 Å². The lowest BCUT2D eigenvalue weighted by molar-refractivity contribution is -0.123. The molecule has 0 aromatic rings. The first-order chi connectivity index (χ1) is 7.36. The quantitative estimate of drug-likeness (QED) is 0.426. The molecule has 0 fully saturated rings. The van der Waals surface area contributed by atoms with Crippen LogP contribution in [0.4, 0.5) is 0 Å². The van der Waals surface area contributed by atoms with Crippen LogP contribution in [-0.2, 0) is 4.79 Å². The lowest BCUT2D eigenvalue weighted by Gasteiger charge is -2.22. The van der Waals surface area contributed by atoms with Gasteiger partial charge in [0.05, 0.1) is 6.54 Å². The lowest BCUT2D eigenvalue weighted by atomic mass is 10.2. The molecule has 0 heterocycles. The van der Waals surface area contributed by atoms with Crippen molar-refractivity contribution in [3.63, 3.8) is 0 Å². The Morgan fingerprint density at radius 3 is 2.06 bits per heavy atom. The average Bonchev–Trinajstić information content (AvgIpc) is 2.15. The molecule has 16 heavy (non-hydrogen) atoms. The van der Waals surface area contributed by atoms with Gasteiger partial charge in [-0.1, -0.05) is 13.8 Å². The lowest BCUT2D eigenvalue weighted by Crippen LogP contribution is -2.36. The van der Waals surface area contributed by atoms with E-state index in [9.17, 15) is 4.79 Å². The number of hydrogen-bond donors (Lipinski definition) is 1. The average molecular weight is 228 g/mol. The van der Waals surface area contributed by atoms with Crippen molar-refractivity contribution in [2.75, 3.05) is 41.3 Å². The summed E-state index contributed by atoms with van der Waals surface area (Å²) < 4.78 is 0. The molecular formula is C11H24N4O. The van der Waals surface area contributed by atoms with E-state index in [0.717, 1.165) is 5.96 Å². The molecule has 94 valence electrons. The van der Waals surface area contributed by atoms with E-state index >= 15 is 0 Å². The van der Waals surface area contributed by atoms with Gasteiger partial charge in [0, 0.05) is 40.7 Å². The van der Waals surface area contributed by atoms with Crippen molar-refractivity contribution in [3.8, 4) is 0 Å². The van der Waals surface area contributed by atoms with Gasteiger partial charge < -0.3 is 15.1 Å². The zero-order chi connectivity index (χ0) is 12.7. The van der Waals surface area contributed by atoms with Gasteiger partial charge >= 0.3 is 0 Å². The fourth-order valence-corrected chi connectivity index (χ4v) is 1.22. The third-order valence-corrected chi connectivity index (χ3v) is 1.99. The van der Waals surface area contributed by atoms with Crippen LogP contribution in [0.15, 0.2) is 4.99 Å². The topological polar surface area (TPSA) is 47.9 Å². The molecule has 1 N–H and O–H groups in total. The largest absolute Gasteiger partial charge is 0.354 e. The Bertz CT molecular complexity index is 236. The molecule has 0 radical (unpaired) electrons. The molecule has 0 saturated heterocycles. The number of guanidine groups is 1. The predicted octanol–water partition coefficient (Wildman–Crippen LogP) is 0.238.